The molecule has 131 heavy (non-hydrogen) atoms. The Labute approximate surface area is 829 Å². The van der Waals surface area contributed by atoms with Gasteiger partial charge in [-0.3, -0.25) is 24.0 Å². The summed E-state index contributed by atoms with van der Waals surface area (Å²) in [5, 5.41) is 19.4. The summed E-state index contributed by atoms with van der Waals surface area (Å²) in [5.74, 6) is -1.39. The molecule has 3 aliphatic heterocycles. The van der Waals surface area contributed by atoms with Crippen LogP contribution in [0.15, 0.2) is 396 Å². The van der Waals surface area contributed by atoms with Crippen LogP contribution in [0.3, 0.4) is 0 Å². The van der Waals surface area contributed by atoms with E-state index in [2.05, 4.69) is 145 Å². The number of halogens is 7. The maximum absolute atomic E-state index is 12.8. The fraction of sp³-hybridized carbons (Fsp3) is 0.182. The molecule has 11 aliphatic rings. The number of aliphatic imine (C=N–C) groups is 1. The van der Waals surface area contributed by atoms with Gasteiger partial charge < -0.3 is 34.9 Å². The first-order chi connectivity index (χ1) is 62.7. The molecule has 13 nitrogen and oxygen atoms in total. The average molecular weight is 1980 g/mol. The third-order valence-corrected chi connectivity index (χ3v) is 27.4. The van der Waals surface area contributed by atoms with Gasteiger partial charge in [-0.15, -0.1) is 0 Å². The predicted molar refractivity (Wildman–Crippen MR) is 537 cm³/mol. The fourth-order valence-electron chi connectivity index (χ4n) is 16.8. The SMILES string of the molecule is CC(CC(=O)N=C1C=CC(=C(c2ccc(NC(=O)CC(C)=C3C=CC=C3)cc2)c2ccc(NC(=O)CC(C)=C3C=CC=C3)cc2)C=C1)=C1C=CC=C1.CC1=CC(=O)C(C(C)=C2C=CC=C2)C(=O)O1.CCC(C)(Cc1ccccc1)C(=C1C=CC=C1)c1ccc(N2CCOCC2)cc1.[Na+].[O-]c1c(Br)cc2c(c1Br)OC1=CC(=C3C=CC=C3)C=CC1C2c1c(Cl)c(Cl)c(Cl)c(Cl)c1Cl. The number of morpholine rings is 1. The molecule has 0 aromatic heterocycles. The molecule has 4 unspecified atom stereocenters. The molecular formula is C110H94Br2Cl5N4NaO9. The second-order valence-corrected chi connectivity index (χ2v) is 36.3. The van der Waals surface area contributed by atoms with Gasteiger partial charge in [-0.1, -0.05) is 347 Å². The van der Waals surface area contributed by atoms with Gasteiger partial charge in [-0.2, -0.15) is 0 Å². The Kier molecular flexibility index (Phi) is 33.7. The summed E-state index contributed by atoms with van der Waals surface area (Å²) < 4.78 is 17.4. The van der Waals surface area contributed by atoms with Gasteiger partial charge in [-0.25, -0.2) is 4.99 Å². The van der Waals surface area contributed by atoms with Gasteiger partial charge in [0.2, 0.25) is 17.7 Å². The van der Waals surface area contributed by atoms with Gasteiger partial charge in [0, 0.05) is 76.5 Å². The summed E-state index contributed by atoms with van der Waals surface area (Å²) in [6.07, 6.45) is 66.1. The van der Waals surface area contributed by atoms with Crippen LogP contribution in [0.5, 0.6) is 11.5 Å². The number of amides is 3. The van der Waals surface area contributed by atoms with Crippen LogP contribution in [0.4, 0.5) is 17.1 Å². The molecule has 2 N–H and O–H groups in total. The van der Waals surface area contributed by atoms with E-state index in [0.717, 1.165) is 117 Å². The number of ether oxygens (including phenoxy) is 3. The van der Waals surface area contributed by atoms with Crippen molar-refractivity contribution in [1.29, 1.82) is 0 Å². The molecule has 6 aromatic rings. The Morgan fingerprint density at radius 3 is 1.52 bits per heavy atom. The minimum atomic E-state index is -0.786. The molecule has 3 amide bonds. The van der Waals surface area contributed by atoms with Gasteiger partial charge in [0.1, 0.15) is 23.2 Å². The van der Waals surface area contributed by atoms with Gasteiger partial charge >= 0.3 is 35.5 Å². The molecule has 1 saturated heterocycles. The first-order valence-corrected chi connectivity index (χ1v) is 46.3. The van der Waals surface area contributed by atoms with Crippen LogP contribution in [0.1, 0.15) is 113 Å². The Hall–Kier alpha value is -10.7. The standard InChI is InChI=1S/C46H41N3O3.C27H31NO.C24H11Br2Cl5O2.C13H12O3.Na/c1-31(34-10-4-5-11-34)28-43(50)47-40-22-16-37(17-23-40)46(38-18-24-41(25-19-38)48-44(51)29-32(2)35-12-6-7-13-35)39-20-26-42(27-21-39)49-45(52)30-33(3)36-14-8-9-15-36;1-3-27(2,21-22-9-5-4-6-10-22)26(23-11-7-8-12-23)24-13-15-25(16-14-24)28-17-19-29-20-18-28;25-13-8-12-15(16-18(27)20(29)22(31)21(30)19(16)28)11-6-5-10(9-3-1-2-4-9)7-14(11)33-24(12)17(26)23(13)32;1-8-7-11(14)12(13(15)16-8)9(2)10-5-3-4-6-10;/h4-27H,28-30H2,1-3H3,(H,47,50)(H,48,51);4-16H,3,17-21H2,1-2H3;1-8,11,15,32H;3-7,12H,1-2H3;/q;;;;+1/p-1. The maximum atomic E-state index is 12.8. The predicted octanol–water partition coefficient (Wildman–Crippen LogP) is 24.7. The monoisotopic (exact) mass is 1970 g/mol. The molecule has 0 radical (unpaired) electrons. The first-order valence-electron chi connectivity index (χ1n) is 42.8. The van der Waals surface area contributed by atoms with Gasteiger partial charge in [0.05, 0.1) is 54.9 Å². The molecule has 17 rings (SSSR count). The van der Waals surface area contributed by atoms with Crippen molar-refractivity contribution >= 4 is 153 Å². The van der Waals surface area contributed by atoms with E-state index in [1.54, 1.807) is 19.9 Å². The van der Waals surface area contributed by atoms with Crippen LogP contribution in [0.2, 0.25) is 25.1 Å². The molecule has 8 aliphatic carbocycles. The summed E-state index contributed by atoms with van der Waals surface area (Å²) >= 11 is 39.2. The topological polar surface area (TPSA) is 176 Å². The number of ketones is 1. The summed E-state index contributed by atoms with van der Waals surface area (Å²) in [6, 6.07) is 37.3. The number of hydrogen-bond acceptors (Lipinski definition) is 10. The number of anilines is 3. The number of allylic oxidation sites excluding steroid dienone is 42. The summed E-state index contributed by atoms with van der Waals surface area (Å²) in [7, 11) is 0. The molecule has 0 saturated carbocycles. The molecule has 1 fully saturated rings. The van der Waals surface area contributed by atoms with Crippen molar-refractivity contribution in [3.8, 4) is 11.5 Å². The minimum absolute atomic E-state index is 0. The molecule has 658 valence electrons. The number of nitrogens with one attached hydrogen (secondary N) is 2. The van der Waals surface area contributed by atoms with E-state index in [4.69, 9.17) is 72.2 Å². The summed E-state index contributed by atoms with van der Waals surface area (Å²) in [6.45, 7) is 17.6. The largest absolute Gasteiger partial charge is 1.00 e. The molecule has 0 bridgehead atoms. The third-order valence-electron chi connectivity index (χ3n) is 23.8. The van der Waals surface area contributed by atoms with E-state index in [1.807, 2.05) is 233 Å². The number of benzene rings is 6. The minimum Gasteiger partial charge on any atom is -0.871 e. The second-order valence-electron chi connectivity index (χ2n) is 32.8. The van der Waals surface area contributed by atoms with Crippen LogP contribution in [-0.4, -0.2) is 61.5 Å². The molecule has 21 heteroatoms. The van der Waals surface area contributed by atoms with E-state index in [-0.39, 0.29) is 102 Å². The van der Waals surface area contributed by atoms with E-state index < -0.39 is 17.8 Å². The van der Waals surface area contributed by atoms with Crippen LogP contribution in [0, 0.1) is 17.3 Å². The molecular weight excluding hydrogens is 1880 g/mol. The molecule has 0 spiro atoms. The zero-order valence-electron chi connectivity index (χ0n) is 73.7. The molecule has 4 atom stereocenters. The van der Waals surface area contributed by atoms with Crippen molar-refractivity contribution < 1.29 is 72.8 Å². The fourth-order valence-corrected chi connectivity index (χ4v) is 19.4. The second kappa shape index (κ2) is 45.1. The van der Waals surface area contributed by atoms with E-state index in [9.17, 15) is 29.1 Å². The average Bonchev–Trinajstić information content (AvgIpc) is 1.29. The Bertz CT molecular complexity index is 6200. The van der Waals surface area contributed by atoms with Crippen molar-refractivity contribution in [1.82, 2.24) is 0 Å². The van der Waals surface area contributed by atoms with E-state index in [0.29, 0.717) is 67.3 Å². The molecule has 3 heterocycles. The van der Waals surface area contributed by atoms with Crippen molar-refractivity contribution in [3.63, 3.8) is 0 Å². The number of fused-ring (bicyclic) bond motifs is 2. The van der Waals surface area contributed by atoms with E-state index in [1.165, 1.54) is 34.0 Å². The maximum Gasteiger partial charge on any atom is 1.00 e. The van der Waals surface area contributed by atoms with Crippen LogP contribution < -0.4 is 54.9 Å². The number of carbonyl (C=O) groups excluding carboxylic acids is 5. The number of carbonyl (C=O) groups is 5. The van der Waals surface area contributed by atoms with Gasteiger partial charge in [0.25, 0.3) is 0 Å². The van der Waals surface area contributed by atoms with Crippen LogP contribution >= 0.6 is 89.9 Å². The normalized spacial score (nSPS) is 18.0. The quantitative estimate of drug-likeness (QED) is 0.0277. The number of hydrogen-bond donors (Lipinski definition) is 2. The van der Waals surface area contributed by atoms with Crippen molar-refractivity contribution in [3.05, 3.63) is 449 Å². The number of cyclic esters (lactones) is 1. The third kappa shape index (κ3) is 23.8. The van der Waals surface area contributed by atoms with Crippen LogP contribution in [0.25, 0.3) is 11.1 Å². The van der Waals surface area contributed by atoms with E-state index >= 15 is 0 Å². The summed E-state index contributed by atoms with van der Waals surface area (Å²) in [5.41, 5.74) is 23.7. The number of esters is 1. The Morgan fingerprint density at radius 1 is 0.542 bits per heavy atom. The zero-order valence-corrected chi connectivity index (χ0v) is 82.6. The van der Waals surface area contributed by atoms with Crippen molar-refractivity contribution in [2.75, 3.05) is 41.8 Å². The van der Waals surface area contributed by atoms with Crippen molar-refractivity contribution in [2.45, 2.75) is 86.5 Å². The zero-order chi connectivity index (χ0) is 91.9. The number of rotatable bonds is 18. The Morgan fingerprint density at radius 2 is 1.02 bits per heavy atom. The van der Waals surface area contributed by atoms with Crippen molar-refractivity contribution in [2.24, 2.45) is 22.2 Å². The molecule has 6 aromatic carbocycles. The smallest absolute Gasteiger partial charge is 0.871 e. The Balaban J connectivity index is 0.000000159. The number of nitrogens with zero attached hydrogens (tertiary/aromatic N) is 2. The first kappa shape index (κ1) is 97.8. The summed E-state index contributed by atoms with van der Waals surface area (Å²) in [4.78, 5) is 68.6. The van der Waals surface area contributed by atoms with Crippen LogP contribution in [-0.2, 0) is 39.9 Å². The van der Waals surface area contributed by atoms with Gasteiger partial charge in [0.15, 0.2) is 5.78 Å². The van der Waals surface area contributed by atoms with Gasteiger partial charge in [-0.05, 0) is 213 Å².